The zero-order chi connectivity index (χ0) is 17.3. The van der Waals surface area contributed by atoms with Crippen LogP contribution in [-0.2, 0) is 31.7 Å². The van der Waals surface area contributed by atoms with Gasteiger partial charge >= 0.3 is 26.2 Å². The summed E-state index contributed by atoms with van der Waals surface area (Å²) < 4.78 is 0. The molecule has 0 N–H and O–H groups in total. The van der Waals surface area contributed by atoms with E-state index in [0.29, 0.717) is 5.92 Å². The number of fused-ring (bicyclic) bond motifs is 1. The molecule has 2 aromatic carbocycles. The van der Waals surface area contributed by atoms with Gasteiger partial charge in [-0.25, -0.2) is 0 Å². The molecular weight excluding hydrogens is 420 g/mol. The SMILES string of the molecule is Cc1cccc(C(C)C)c1[N-]C(C)(C)c1cc2ccccc2cn1.[CH3-].[CH3-].[CH3-].[Zr+4]. The fraction of sp³-hybridized carbons (Fsp3) is 0.280. The van der Waals surface area contributed by atoms with Crippen molar-refractivity contribution in [3.8, 4) is 0 Å². The second kappa shape index (κ2) is 11.5. The first-order chi connectivity index (χ1) is 11.4. The molecule has 0 aliphatic carbocycles. The van der Waals surface area contributed by atoms with Crippen molar-refractivity contribution in [1.29, 1.82) is 0 Å². The summed E-state index contributed by atoms with van der Waals surface area (Å²) in [4.78, 5) is 4.69. The van der Waals surface area contributed by atoms with Gasteiger partial charge in [0, 0.05) is 17.3 Å². The van der Waals surface area contributed by atoms with Crippen LogP contribution >= 0.6 is 0 Å². The molecule has 0 spiro atoms. The molecule has 0 atom stereocenters. The Morgan fingerprint density at radius 3 is 2.11 bits per heavy atom. The van der Waals surface area contributed by atoms with Gasteiger partial charge in [-0.3, -0.25) is 4.98 Å². The molecule has 3 aromatic rings. The molecule has 3 rings (SSSR count). The topological polar surface area (TPSA) is 27.0 Å². The molecule has 0 unspecified atom stereocenters. The van der Waals surface area contributed by atoms with Crippen molar-refractivity contribution in [1.82, 2.24) is 4.98 Å². The molecule has 0 radical (unpaired) electrons. The second-order valence-corrected chi connectivity index (χ2v) is 7.25. The van der Waals surface area contributed by atoms with E-state index in [2.05, 4.69) is 82.1 Å². The standard InChI is InChI=1S/C22H25N2.3CH3.Zr/c1-15(2)19-12-8-9-16(3)21(19)24-22(4,5)20-13-17-10-6-7-11-18(17)14-23-20;;;;/h6-15H,1-5H3;3*1H3;/q4*-1;+4. The van der Waals surface area contributed by atoms with Crippen LogP contribution in [0.1, 0.15) is 50.4 Å². The van der Waals surface area contributed by atoms with Crippen molar-refractivity contribution >= 4 is 16.5 Å². The van der Waals surface area contributed by atoms with Crippen molar-refractivity contribution in [3.05, 3.63) is 99.1 Å². The van der Waals surface area contributed by atoms with Crippen LogP contribution in [0.5, 0.6) is 0 Å². The summed E-state index contributed by atoms with van der Waals surface area (Å²) >= 11 is 0. The molecule has 0 fully saturated rings. The van der Waals surface area contributed by atoms with Gasteiger partial charge in [0.2, 0.25) is 0 Å². The Kier molecular flexibility index (Phi) is 11.8. The van der Waals surface area contributed by atoms with Gasteiger partial charge in [-0.15, -0.1) is 5.69 Å². The maximum absolute atomic E-state index is 5.13. The number of rotatable bonds is 4. The first kappa shape index (κ1) is 28.7. The largest absolute Gasteiger partial charge is 4.00 e. The fourth-order valence-corrected chi connectivity index (χ4v) is 3.06. The van der Waals surface area contributed by atoms with Crippen LogP contribution in [0.4, 0.5) is 5.69 Å². The van der Waals surface area contributed by atoms with Gasteiger partial charge in [-0.2, -0.15) is 0 Å². The van der Waals surface area contributed by atoms with Crippen LogP contribution < -0.4 is 0 Å². The first-order valence-corrected chi connectivity index (χ1v) is 8.56. The maximum Gasteiger partial charge on any atom is 4.00 e. The number of para-hydroxylation sites is 1. The zero-order valence-electron chi connectivity index (χ0n) is 18.7. The van der Waals surface area contributed by atoms with E-state index in [1.54, 1.807) is 0 Å². The molecule has 3 heteroatoms. The Morgan fingerprint density at radius 2 is 1.50 bits per heavy atom. The molecule has 0 saturated heterocycles. The third kappa shape index (κ3) is 6.01. The summed E-state index contributed by atoms with van der Waals surface area (Å²) in [5, 5.41) is 7.50. The predicted octanol–water partition coefficient (Wildman–Crippen LogP) is 7.96. The molecule has 1 heterocycles. The van der Waals surface area contributed by atoms with Crippen LogP contribution in [0.2, 0.25) is 0 Å². The van der Waals surface area contributed by atoms with E-state index in [4.69, 9.17) is 5.32 Å². The summed E-state index contributed by atoms with van der Waals surface area (Å²) in [6, 6.07) is 16.9. The number of aromatic nitrogens is 1. The summed E-state index contributed by atoms with van der Waals surface area (Å²) in [6.07, 6.45) is 1.95. The van der Waals surface area contributed by atoms with Crippen LogP contribution in [0.15, 0.2) is 54.7 Å². The number of hydrogen-bond donors (Lipinski definition) is 0. The average molecular weight is 454 g/mol. The van der Waals surface area contributed by atoms with Crippen LogP contribution in [0, 0.1) is 29.2 Å². The molecule has 148 valence electrons. The number of benzene rings is 2. The molecule has 1 aromatic heterocycles. The quantitative estimate of drug-likeness (QED) is 0.368. The first-order valence-electron chi connectivity index (χ1n) is 8.56. The van der Waals surface area contributed by atoms with Gasteiger partial charge < -0.3 is 27.6 Å². The predicted molar refractivity (Wildman–Crippen MR) is 122 cm³/mol. The van der Waals surface area contributed by atoms with E-state index in [0.717, 1.165) is 16.8 Å². The van der Waals surface area contributed by atoms with Gasteiger partial charge in [-0.05, 0) is 24.3 Å². The van der Waals surface area contributed by atoms with Gasteiger partial charge in [0.05, 0.1) is 0 Å². The number of nitrogens with zero attached hydrogens (tertiary/aromatic N) is 2. The average Bonchev–Trinajstić information content (AvgIpc) is 2.56. The molecule has 0 bridgehead atoms. The molecule has 2 nitrogen and oxygen atoms in total. The summed E-state index contributed by atoms with van der Waals surface area (Å²) in [5.74, 6) is 0.448. The number of pyridine rings is 1. The normalized spacial score (nSPS) is 10.2. The third-order valence-electron chi connectivity index (χ3n) is 4.54. The minimum absolute atomic E-state index is 0. The Bertz CT molecular complexity index is 869. The Hall–Kier alpha value is -1.47. The van der Waals surface area contributed by atoms with Crippen molar-refractivity contribution in [2.75, 3.05) is 0 Å². The Morgan fingerprint density at radius 1 is 0.893 bits per heavy atom. The van der Waals surface area contributed by atoms with Crippen LogP contribution in [0.3, 0.4) is 0 Å². The van der Waals surface area contributed by atoms with E-state index in [1.807, 2.05) is 12.3 Å². The molecule has 0 aliphatic rings. The second-order valence-electron chi connectivity index (χ2n) is 7.25. The minimum atomic E-state index is -0.375. The van der Waals surface area contributed by atoms with Crippen molar-refractivity contribution in [2.24, 2.45) is 0 Å². The smallest absolute Gasteiger partial charge is 0.674 e. The fourth-order valence-electron chi connectivity index (χ4n) is 3.06. The number of aryl methyl sites for hydroxylation is 1. The Labute approximate surface area is 192 Å². The van der Waals surface area contributed by atoms with E-state index in [1.165, 1.54) is 16.5 Å². The van der Waals surface area contributed by atoms with E-state index in [-0.39, 0.29) is 54.0 Å². The molecule has 0 aliphatic heterocycles. The van der Waals surface area contributed by atoms with Gasteiger partial charge in [-0.1, -0.05) is 86.8 Å². The molecule has 0 amide bonds. The number of hydrogen-bond acceptors (Lipinski definition) is 1. The molecule has 28 heavy (non-hydrogen) atoms. The van der Waals surface area contributed by atoms with Gasteiger partial charge in [0.1, 0.15) is 0 Å². The van der Waals surface area contributed by atoms with E-state index in [9.17, 15) is 0 Å². The summed E-state index contributed by atoms with van der Waals surface area (Å²) in [5.41, 5.74) is 4.24. The summed E-state index contributed by atoms with van der Waals surface area (Å²) in [7, 11) is 0. The summed E-state index contributed by atoms with van der Waals surface area (Å²) in [6.45, 7) is 10.8. The van der Waals surface area contributed by atoms with Crippen molar-refractivity contribution < 1.29 is 26.2 Å². The van der Waals surface area contributed by atoms with E-state index < -0.39 is 0 Å². The van der Waals surface area contributed by atoms with E-state index >= 15 is 0 Å². The Balaban J connectivity index is 0. The molecular formula is C25H34N2Zr. The monoisotopic (exact) mass is 452 g/mol. The van der Waals surface area contributed by atoms with Crippen molar-refractivity contribution in [2.45, 2.75) is 46.1 Å². The minimum Gasteiger partial charge on any atom is -0.674 e. The van der Waals surface area contributed by atoms with Crippen molar-refractivity contribution in [3.63, 3.8) is 0 Å². The van der Waals surface area contributed by atoms with Crippen LogP contribution in [0.25, 0.3) is 16.1 Å². The zero-order valence-corrected chi connectivity index (χ0v) is 21.1. The molecule has 0 saturated carbocycles. The maximum atomic E-state index is 5.13. The van der Waals surface area contributed by atoms with Gasteiger partial charge in [0.25, 0.3) is 0 Å². The van der Waals surface area contributed by atoms with Crippen LogP contribution in [-0.4, -0.2) is 4.98 Å². The third-order valence-corrected chi connectivity index (χ3v) is 4.54. The van der Waals surface area contributed by atoms with Gasteiger partial charge in [0.15, 0.2) is 0 Å².